The highest BCUT2D eigenvalue weighted by atomic mass is 14.3. The molecule has 6 rings (SSSR count). The van der Waals surface area contributed by atoms with Gasteiger partial charge in [-0.15, -0.1) is 0 Å². The predicted octanol–water partition coefficient (Wildman–Crippen LogP) is 7.63. The third kappa shape index (κ3) is 3.36. The fourth-order valence-electron chi connectivity index (χ4n) is 6.36. The Morgan fingerprint density at radius 1 is 0.639 bits per heavy atom. The van der Waals surface area contributed by atoms with Crippen LogP contribution >= 0.6 is 0 Å². The van der Waals surface area contributed by atoms with Gasteiger partial charge in [0.05, 0.1) is 0 Å². The van der Waals surface area contributed by atoms with Gasteiger partial charge in [-0.3, -0.25) is 0 Å². The minimum absolute atomic E-state index is 1.02. The van der Waals surface area contributed by atoms with Crippen molar-refractivity contribution >= 4 is 17.2 Å². The van der Waals surface area contributed by atoms with Crippen LogP contribution in [0.15, 0.2) is 85.0 Å². The summed E-state index contributed by atoms with van der Waals surface area (Å²) in [6.07, 6.45) is 10.2. The lowest BCUT2D eigenvalue weighted by Crippen LogP contribution is -2.22. The Kier molecular flexibility index (Phi) is 5.41. The fraction of sp³-hybridized carbons (Fsp3) is 0.167. The molecule has 4 aromatic rings. The SMILES string of the molecule is Cc1c(C)c(C2=CC=CC2)c2c(c1C)-c1c(C)c(=C(c3ccccc3)c3ccccc3)c(C)cc1=C2. The summed E-state index contributed by atoms with van der Waals surface area (Å²) < 4.78 is 0. The number of hydrogen-bond donors (Lipinski definition) is 0. The van der Waals surface area contributed by atoms with Crippen LogP contribution in [0.3, 0.4) is 0 Å². The summed E-state index contributed by atoms with van der Waals surface area (Å²) in [4.78, 5) is 0. The Morgan fingerprint density at radius 3 is 1.83 bits per heavy atom. The molecule has 0 spiro atoms. The molecule has 0 N–H and O–H groups in total. The lowest BCUT2D eigenvalue weighted by atomic mass is 9.83. The van der Waals surface area contributed by atoms with E-state index < -0.39 is 0 Å². The maximum Gasteiger partial charge on any atom is -0.00333 e. The van der Waals surface area contributed by atoms with Gasteiger partial charge in [-0.25, -0.2) is 0 Å². The second-order valence-electron chi connectivity index (χ2n) is 10.3. The van der Waals surface area contributed by atoms with E-state index in [1.165, 1.54) is 82.8 Å². The quantitative estimate of drug-likeness (QED) is 0.257. The van der Waals surface area contributed by atoms with Crippen molar-refractivity contribution in [3.05, 3.63) is 145 Å². The Labute approximate surface area is 214 Å². The Balaban J connectivity index is 1.75. The summed E-state index contributed by atoms with van der Waals surface area (Å²) in [5.41, 5.74) is 17.9. The van der Waals surface area contributed by atoms with Crippen LogP contribution < -0.4 is 10.4 Å². The molecule has 2 aliphatic carbocycles. The van der Waals surface area contributed by atoms with Crippen LogP contribution in [0.25, 0.3) is 28.3 Å². The third-order valence-corrected chi connectivity index (χ3v) is 8.24. The van der Waals surface area contributed by atoms with E-state index in [9.17, 15) is 0 Å². The minimum atomic E-state index is 1.02. The van der Waals surface area contributed by atoms with E-state index in [2.05, 4.69) is 126 Å². The zero-order valence-corrected chi connectivity index (χ0v) is 21.9. The number of benzene rings is 4. The molecule has 0 heteroatoms. The molecule has 0 fully saturated rings. The summed E-state index contributed by atoms with van der Waals surface area (Å²) in [5, 5.41) is 2.71. The van der Waals surface area contributed by atoms with Crippen LogP contribution in [-0.2, 0) is 0 Å². The van der Waals surface area contributed by atoms with Gasteiger partial charge in [0.1, 0.15) is 0 Å². The van der Waals surface area contributed by atoms with Crippen molar-refractivity contribution in [1.82, 2.24) is 0 Å². The average Bonchev–Trinajstić information content (AvgIpc) is 3.55. The fourth-order valence-corrected chi connectivity index (χ4v) is 6.36. The van der Waals surface area contributed by atoms with Gasteiger partial charge in [-0.2, -0.15) is 0 Å². The summed E-state index contributed by atoms with van der Waals surface area (Å²) in [7, 11) is 0. The van der Waals surface area contributed by atoms with Crippen LogP contribution in [-0.4, -0.2) is 0 Å². The van der Waals surface area contributed by atoms with Crippen LogP contribution in [0.2, 0.25) is 0 Å². The van der Waals surface area contributed by atoms with E-state index in [-0.39, 0.29) is 0 Å². The van der Waals surface area contributed by atoms with E-state index in [1.54, 1.807) is 0 Å². The minimum Gasteiger partial charge on any atom is -0.0801 e. The molecule has 36 heavy (non-hydrogen) atoms. The zero-order chi connectivity index (χ0) is 25.0. The highest BCUT2D eigenvalue weighted by Crippen LogP contribution is 2.42. The van der Waals surface area contributed by atoms with Crippen molar-refractivity contribution in [1.29, 1.82) is 0 Å². The zero-order valence-electron chi connectivity index (χ0n) is 21.9. The van der Waals surface area contributed by atoms with Gasteiger partial charge in [0, 0.05) is 0 Å². The lowest BCUT2D eigenvalue weighted by molar-refractivity contribution is 1.23. The largest absolute Gasteiger partial charge is 0.0801 e. The number of rotatable bonds is 3. The van der Waals surface area contributed by atoms with Gasteiger partial charge in [-0.1, -0.05) is 85.0 Å². The smallest absolute Gasteiger partial charge is 0.00333 e. The topological polar surface area (TPSA) is 0 Å². The second kappa shape index (κ2) is 8.64. The summed E-state index contributed by atoms with van der Waals surface area (Å²) in [6, 6.07) is 24.2. The maximum absolute atomic E-state index is 2.45. The number of allylic oxidation sites excluding steroid dienone is 4. The third-order valence-electron chi connectivity index (χ3n) is 8.24. The Morgan fingerprint density at radius 2 is 1.25 bits per heavy atom. The molecule has 0 saturated carbocycles. The van der Waals surface area contributed by atoms with Crippen LogP contribution in [0.5, 0.6) is 0 Å². The van der Waals surface area contributed by atoms with Gasteiger partial charge in [0.25, 0.3) is 0 Å². The molecule has 0 unspecified atom stereocenters. The molecule has 0 aromatic heterocycles. The Bertz CT molecular complexity index is 1670. The monoisotopic (exact) mass is 464 g/mol. The first-order valence-corrected chi connectivity index (χ1v) is 12.9. The van der Waals surface area contributed by atoms with Gasteiger partial charge < -0.3 is 0 Å². The summed E-state index contributed by atoms with van der Waals surface area (Å²) >= 11 is 0. The van der Waals surface area contributed by atoms with E-state index in [0.717, 1.165) is 6.42 Å². The predicted molar refractivity (Wildman–Crippen MR) is 155 cm³/mol. The number of fused-ring (bicyclic) bond motifs is 3. The number of hydrogen-bond acceptors (Lipinski definition) is 0. The highest BCUT2D eigenvalue weighted by molar-refractivity contribution is 5.96. The second-order valence-corrected chi connectivity index (χ2v) is 10.3. The molecule has 0 radical (unpaired) electrons. The van der Waals surface area contributed by atoms with Gasteiger partial charge in [0.2, 0.25) is 0 Å². The molecular weight excluding hydrogens is 432 g/mol. The van der Waals surface area contributed by atoms with E-state index >= 15 is 0 Å². The first kappa shape index (κ1) is 22.6. The molecule has 0 atom stereocenters. The van der Waals surface area contributed by atoms with E-state index in [0.29, 0.717) is 0 Å². The van der Waals surface area contributed by atoms with Gasteiger partial charge >= 0.3 is 0 Å². The normalized spacial score (nSPS) is 13.3. The van der Waals surface area contributed by atoms with Gasteiger partial charge in [-0.05, 0) is 130 Å². The standard InChI is InChI=1S/C36H32/c1-22-20-30-21-31-33(27-18-12-13-19-27)24(3)23(2)25(4)35(31)34(30)26(5)32(22)36(28-14-8-6-9-15-28)29-16-10-7-11-17-29/h6-18,20-21H,19H2,1-5H3. The van der Waals surface area contributed by atoms with E-state index in [1.807, 2.05) is 0 Å². The average molecular weight is 465 g/mol. The molecule has 0 aliphatic heterocycles. The van der Waals surface area contributed by atoms with Crippen LogP contribution in [0, 0.1) is 34.6 Å². The molecule has 0 nitrogen and oxygen atoms in total. The summed E-state index contributed by atoms with van der Waals surface area (Å²) in [6.45, 7) is 11.5. The lowest BCUT2D eigenvalue weighted by Gasteiger charge is -2.21. The van der Waals surface area contributed by atoms with Crippen LogP contribution in [0.4, 0.5) is 0 Å². The van der Waals surface area contributed by atoms with Crippen molar-refractivity contribution in [3.63, 3.8) is 0 Å². The first-order chi connectivity index (χ1) is 17.5. The van der Waals surface area contributed by atoms with Crippen molar-refractivity contribution in [2.75, 3.05) is 0 Å². The molecule has 176 valence electrons. The maximum atomic E-state index is 2.45. The van der Waals surface area contributed by atoms with Crippen LogP contribution in [0.1, 0.15) is 56.5 Å². The molecule has 0 amide bonds. The number of aryl methyl sites for hydroxylation is 1. The molecule has 4 aromatic carbocycles. The highest BCUT2D eigenvalue weighted by Gasteiger charge is 2.26. The van der Waals surface area contributed by atoms with Crippen molar-refractivity contribution in [3.8, 4) is 11.1 Å². The van der Waals surface area contributed by atoms with Crippen molar-refractivity contribution in [2.24, 2.45) is 0 Å². The molecular formula is C36H32. The van der Waals surface area contributed by atoms with Gasteiger partial charge in [0.15, 0.2) is 0 Å². The molecule has 2 aliphatic rings. The molecule has 0 heterocycles. The molecule has 0 saturated heterocycles. The molecule has 0 bridgehead atoms. The van der Waals surface area contributed by atoms with E-state index in [4.69, 9.17) is 0 Å². The first-order valence-electron chi connectivity index (χ1n) is 12.9. The van der Waals surface area contributed by atoms with Crippen molar-refractivity contribution in [2.45, 2.75) is 41.0 Å². The Hall–Kier alpha value is -3.90. The summed E-state index contributed by atoms with van der Waals surface area (Å²) in [5.74, 6) is 0. The van der Waals surface area contributed by atoms with Crippen molar-refractivity contribution < 1.29 is 0 Å².